The lowest BCUT2D eigenvalue weighted by atomic mass is 10.1. The molecule has 0 amide bonds. The first kappa shape index (κ1) is 16.7. The highest BCUT2D eigenvalue weighted by Crippen LogP contribution is 2.22. The summed E-state index contributed by atoms with van der Waals surface area (Å²) >= 11 is 0. The highest BCUT2D eigenvalue weighted by molar-refractivity contribution is 5.89. The zero-order valence-corrected chi connectivity index (χ0v) is 13.6. The van der Waals surface area contributed by atoms with Gasteiger partial charge in [-0.1, -0.05) is 42.5 Å². The molecule has 0 unspecified atom stereocenters. The Labute approximate surface area is 146 Å². The molecule has 0 aliphatic carbocycles. The molecule has 0 bridgehead atoms. The average Bonchev–Trinajstić information content (AvgIpc) is 2.67. The number of ether oxygens (including phenoxy) is 2. The number of carbonyl (C=O) groups is 1. The summed E-state index contributed by atoms with van der Waals surface area (Å²) < 4.78 is 11.1. The van der Waals surface area contributed by atoms with Crippen molar-refractivity contribution in [1.29, 1.82) is 0 Å². The van der Waals surface area contributed by atoms with Gasteiger partial charge in [-0.25, -0.2) is 4.79 Å². The summed E-state index contributed by atoms with van der Waals surface area (Å²) in [5, 5.41) is 9.14. The number of rotatable bonds is 6. The molecule has 25 heavy (non-hydrogen) atoms. The molecule has 0 radical (unpaired) electrons. The maximum Gasteiger partial charge on any atom is 0.338 e. The number of hydrogen-bond donors (Lipinski definition) is 1. The van der Waals surface area contributed by atoms with Crippen LogP contribution in [-0.2, 0) is 18.0 Å². The van der Waals surface area contributed by atoms with Crippen molar-refractivity contribution in [2.24, 2.45) is 0 Å². The van der Waals surface area contributed by atoms with E-state index in [4.69, 9.17) is 14.6 Å². The van der Waals surface area contributed by atoms with E-state index in [0.29, 0.717) is 16.9 Å². The molecule has 0 saturated heterocycles. The molecule has 0 spiro atoms. The maximum absolute atomic E-state index is 12.1. The number of esters is 1. The van der Waals surface area contributed by atoms with Crippen LogP contribution >= 0.6 is 0 Å². The van der Waals surface area contributed by atoms with E-state index >= 15 is 0 Å². The molecule has 4 heteroatoms. The Morgan fingerprint density at radius 1 is 0.800 bits per heavy atom. The summed E-state index contributed by atoms with van der Waals surface area (Å²) in [4.78, 5) is 12.1. The molecule has 4 nitrogen and oxygen atoms in total. The Hall–Kier alpha value is -3.11. The molecule has 0 heterocycles. The summed E-state index contributed by atoms with van der Waals surface area (Å²) in [6, 6.07) is 23.7. The van der Waals surface area contributed by atoms with Gasteiger partial charge >= 0.3 is 5.97 Å². The first-order chi connectivity index (χ1) is 12.2. The predicted molar refractivity (Wildman–Crippen MR) is 94.4 cm³/mol. The quantitative estimate of drug-likeness (QED) is 0.682. The second-order valence-electron chi connectivity index (χ2n) is 5.50. The largest absolute Gasteiger partial charge is 0.457 e. The lowest BCUT2D eigenvalue weighted by molar-refractivity contribution is 0.0472. The minimum atomic E-state index is -0.426. The van der Waals surface area contributed by atoms with Crippen LogP contribution in [0.15, 0.2) is 78.9 Å². The topological polar surface area (TPSA) is 55.8 Å². The molecule has 3 rings (SSSR count). The second-order valence-corrected chi connectivity index (χ2v) is 5.50. The summed E-state index contributed by atoms with van der Waals surface area (Å²) in [5.41, 5.74) is 1.93. The van der Waals surface area contributed by atoms with Gasteiger partial charge < -0.3 is 14.6 Å². The Balaban J connectivity index is 1.63. The van der Waals surface area contributed by atoms with Crippen LogP contribution in [0.1, 0.15) is 21.5 Å². The molecule has 0 fully saturated rings. The van der Waals surface area contributed by atoms with Crippen LogP contribution in [0.3, 0.4) is 0 Å². The molecule has 0 atom stereocenters. The number of hydrogen-bond acceptors (Lipinski definition) is 4. The van der Waals surface area contributed by atoms with Crippen LogP contribution in [0.2, 0.25) is 0 Å². The first-order valence-electron chi connectivity index (χ1n) is 7.93. The zero-order chi connectivity index (χ0) is 17.5. The molecule has 3 aromatic carbocycles. The Morgan fingerprint density at radius 2 is 1.52 bits per heavy atom. The minimum Gasteiger partial charge on any atom is -0.457 e. The van der Waals surface area contributed by atoms with Crippen molar-refractivity contribution in [3.05, 3.63) is 95.6 Å². The highest BCUT2D eigenvalue weighted by Gasteiger charge is 2.08. The molecule has 3 aromatic rings. The normalized spacial score (nSPS) is 10.3. The average molecular weight is 334 g/mol. The van der Waals surface area contributed by atoms with Gasteiger partial charge in [0.1, 0.15) is 18.1 Å². The van der Waals surface area contributed by atoms with Gasteiger partial charge in [0.2, 0.25) is 0 Å². The van der Waals surface area contributed by atoms with Crippen LogP contribution in [-0.4, -0.2) is 11.1 Å². The fourth-order valence-corrected chi connectivity index (χ4v) is 2.35. The second kappa shape index (κ2) is 8.13. The van der Waals surface area contributed by atoms with Gasteiger partial charge in [0.05, 0.1) is 12.2 Å². The van der Waals surface area contributed by atoms with E-state index in [1.54, 1.807) is 24.3 Å². The molecular formula is C21H18O4. The van der Waals surface area contributed by atoms with Crippen LogP contribution in [0.25, 0.3) is 0 Å². The number of aliphatic hydroxyl groups is 1. The van der Waals surface area contributed by atoms with Gasteiger partial charge in [-0.05, 0) is 47.5 Å². The summed E-state index contributed by atoms with van der Waals surface area (Å²) in [5.74, 6) is 1.00. The standard InChI is InChI=1S/C21H18O4/c22-14-16-6-4-8-18(12-16)21(23)24-15-17-7-5-11-20(13-17)25-19-9-2-1-3-10-19/h1-13,22H,14-15H2. The van der Waals surface area contributed by atoms with Crippen molar-refractivity contribution in [3.8, 4) is 11.5 Å². The SMILES string of the molecule is O=C(OCc1cccc(Oc2ccccc2)c1)c1cccc(CO)c1. The van der Waals surface area contributed by atoms with Crippen LogP contribution in [0.4, 0.5) is 0 Å². The summed E-state index contributed by atoms with van der Waals surface area (Å²) in [6.07, 6.45) is 0. The lowest BCUT2D eigenvalue weighted by Crippen LogP contribution is -2.05. The fourth-order valence-electron chi connectivity index (χ4n) is 2.35. The van der Waals surface area contributed by atoms with E-state index in [0.717, 1.165) is 11.3 Å². The van der Waals surface area contributed by atoms with E-state index in [9.17, 15) is 4.79 Å². The number of aliphatic hydroxyl groups excluding tert-OH is 1. The zero-order valence-electron chi connectivity index (χ0n) is 13.6. The van der Waals surface area contributed by atoms with Gasteiger partial charge in [-0.2, -0.15) is 0 Å². The van der Waals surface area contributed by atoms with Gasteiger partial charge in [-0.15, -0.1) is 0 Å². The van der Waals surface area contributed by atoms with E-state index < -0.39 is 5.97 Å². The number of carbonyl (C=O) groups excluding carboxylic acids is 1. The Kier molecular flexibility index (Phi) is 5.44. The van der Waals surface area contributed by atoms with Crippen molar-refractivity contribution in [3.63, 3.8) is 0 Å². The summed E-state index contributed by atoms with van der Waals surface area (Å²) in [6.45, 7) is 0.0359. The molecule has 0 saturated carbocycles. The minimum absolute atomic E-state index is 0.111. The molecule has 1 N–H and O–H groups in total. The highest BCUT2D eigenvalue weighted by atomic mass is 16.5. The number of para-hydroxylation sites is 1. The first-order valence-corrected chi connectivity index (χ1v) is 7.93. The van der Waals surface area contributed by atoms with E-state index in [2.05, 4.69) is 0 Å². The predicted octanol–water partition coefficient (Wildman–Crippen LogP) is 4.33. The third kappa shape index (κ3) is 4.68. The van der Waals surface area contributed by atoms with Crippen molar-refractivity contribution in [2.45, 2.75) is 13.2 Å². The van der Waals surface area contributed by atoms with Crippen LogP contribution in [0, 0.1) is 0 Å². The van der Waals surface area contributed by atoms with Crippen LogP contribution in [0.5, 0.6) is 11.5 Å². The molecular weight excluding hydrogens is 316 g/mol. The van der Waals surface area contributed by atoms with E-state index in [1.165, 1.54) is 0 Å². The third-order valence-electron chi connectivity index (χ3n) is 3.59. The monoisotopic (exact) mass is 334 g/mol. The fraction of sp³-hybridized carbons (Fsp3) is 0.0952. The van der Waals surface area contributed by atoms with E-state index in [-0.39, 0.29) is 13.2 Å². The lowest BCUT2D eigenvalue weighted by Gasteiger charge is -2.09. The Bertz CT molecular complexity index is 843. The van der Waals surface area contributed by atoms with Crippen molar-refractivity contribution < 1.29 is 19.4 Å². The molecule has 0 aromatic heterocycles. The van der Waals surface area contributed by atoms with Gasteiger partial charge in [0.15, 0.2) is 0 Å². The maximum atomic E-state index is 12.1. The summed E-state index contributed by atoms with van der Waals surface area (Å²) in [7, 11) is 0. The molecule has 126 valence electrons. The van der Waals surface area contributed by atoms with Gasteiger partial charge in [0, 0.05) is 0 Å². The van der Waals surface area contributed by atoms with Crippen molar-refractivity contribution in [1.82, 2.24) is 0 Å². The van der Waals surface area contributed by atoms with Gasteiger partial charge in [0.25, 0.3) is 0 Å². The molecule has 0 aliphatic heterocycles. The Morgan fingerprint density at radius 3 is 2.32 bits per heavy atom. The van der Waals surface area contributed by atoms with Crippen molar-refractivity contribution >= 4 is 5.97 Å². The van der Waals surface area contributed by atoms with Gasteiger partial charge in [-0.3, -0.25) is 0 Å². The number of benzene rings is 3. The van der Waals surface area contributed by atoms with E-state index in [1.807, 2.05) is 54.6 Å². The van der Waals surface area contributed by atoms with Crippen LogP contribution < -0.4 is 4.74 Å². The third-order valence-corrected chi connectivity index (χ3v) is 3.59. The molecule has 0 aliphatic rings. The van der Waals surface area contributed by atoms with Crippen molar-refractivity contribution in [2.75, 3.05) is 0 Å². The smallest absolute Gasteiger partial charge is 0.338 e.